The maximum absolute atomic E-state index is 12.9. The Hall–Kier alpha value is -4.91. The third-order valence-electron chi connectivity index (χ3n) is 5.72. The normalized spacial score (nSPS) is 10.7. The molecule has 0 fully saturated rings. The largest absolute Gasteiger partial charge is 0.508 e. The summed E-state index contributed by atoms with van der Waals surface area (Å²) in [6.45, 7) is 0.471. The van der Waals surface area contributed by atoms with Crippen LogP contribution in [0.25, 0.3) is 22.4 Å². The van der Waals surface area contributed by atoms with Crippen LogP contribution in [0.5, 0.6) is 5.75 Å². The molecule has 0 unspecified atom stereocenters. The van der Waals surface area contributed by atoms with Gasteiger partial charge in [-0.25, -0.2) is 4.68 Å². The number of carbonyl (C=O) groups excluding carboxylic acids is 1. The van der Waals surface area contributed by atoms with Gasteiger partial charge in [-0.05, 0) is 53.1 Å². The Kier molecular flexibility index (Phi) is 5.96. The molecular formula is C28H23N5O2. The minimum atomic E-state index is -0.241. The Morgan fingerprint density at radius 2 is 1.63 bits per heavy atom. The van der Waals surface area contributed by atoms with Crippen LogP contribution < -0.4 is 11.1 Å². The second-order valence-corrected chi connectivity index (χ2v) is 8.15. The van der Waals surface area contributed by atoms with Crippen molar-refractivity contribution in [3.05, 3.63) is 114 Å². The van der Waals surface area contributed by atoms with Crippen LogP contribution in [-0.4, -0.2) is 26.0 Å². The number of aromatic nitrogens is 3. The number of rotatable bonds is 6. The van der Waals surface area contributed by atoms with Gasteiger partial charge in [0.05, 0.1) is 29.8 Å². The van der Waals surface area contributed by atoms with Gasteiger partial charge in [0.25, 0.3) is 5.91 Å². The molecule has 5 aromatic rings. The fourth-order valence-electron chi connectivity index (χ4n) is 3.87. The number of phenols is 1. The molecule has 0 saturated carbocycles. The van der Waals surface area contributed by atoms with Crippen LogP contribution in [0, 0.1) is 0 Å². The lowest BCUT2D eigenvalue weighted by Crippen LogP contribution is -2.13. The molecule has 0 bridgehead atoms. The van der Waals surface area contributed by atoms with Gasteiger partial charge in [0.15, 0.2) is 0 Å². The second kappa shape index (κ2) is 9.52. The number of hydrogen-bond donors (Lipinski definition) is 3. The molecule has 0 atom stereocenters. The molecule has 4 N–H and O–H groups in total. The van der Waals surface area contributed by atoms with Crippen LogP contribution in [0.15, 0.2) is 103 Å². The first-order valence-corrected chi connectivity index (χ1v) is 11.1. The fraction of sp³-hybridized carbons (Fsp3) is 0.0357. The van der Waals surface area contributed by atoms with E-state index in [0.29, 0.717) is 23.5 Å². The Labute approximate surface area is 202 Å². The van der Waals surface area contributed by atoms with E-state index >= 15 is 0 Å². The molecule has 35 heavy (non-hydrogen) atoms. The number of carbonyl (C=O) groups is 1. The van der Waals surface area contributed by atoms with E-state index < -0.39 is 0 Å². The Balaban J connectivity index is 1.31. The van der Waals surface area contributed by atoms with Crippen LogP contribution in [-0.2, 0) is 6.54 Å². The van der Waals surface area contributed by atoms with Gasteiger partial charge in [-0.1, -0.05) is 65.9 Å². The predicted molar refractivity (Wildman–Crippen MR) is 137 cm³/mol. The molecule has 7 nitrogen and oxygen atoms in total. The van der Waals surface area contributed by atoms with Gasteiger partial charge in [0.1, 0.15) is 5.75 Å². The van der Waals surface area contributed by atoms with Crippen molar-refractivity contribution in [2.24, 2.45) is 0 Å². The molecule has 1 aromatic heterocycles. The van der Waals surface area contributed by atoms with Gasteiger partial charge in [-0.15, -0.1) is 5.10 Å². The van der Waals surface area contributed by atoms with Gasteiger partial charge < -0.3 is 16.2 Å². The predicted octanol–water partition coefficient (Wildman–Crippen LogP) is 5.20. The van der Waals surface area contributed by atoms with Crippen LogP contribution >= 0.6 is 0 Å². The average molecular weight is 462 g/mol. The fourth-order valence-corrected chi connectivity index (χ4v) is 3.87. The summed E-state index contributed by atoms with van der Waals surface area (Å²) in [6, 6.07) is 29.8. The van der Waals surface area contributed by atoms with E-state index in [2.05, 4.69) is 15.6 Å². The Bertz CT molecular complexity index is 1480. The molecule has 1 amide bonds. The highest BCUT2D eigenvalue weighted by atomic mass is 16.3. The summed E-state index contributed by atoms with van der Waals surface area (Å²) in [5.74, 6) is -0.0600. The van der Waals surface area contributed by atoms with Gasteiger partial charge in [-0.2, -0.15) is 0 Å². The highest BCUT2D eigenvalue weighted by molar-refractivity contribution is 6.06. The number of anilines is 2. The lowest BCUT2D eigenvalue weighted by atomic mass is 10.0. The van der Waals surface area contributed by atoms with Crippen molar-refractivity contribution in [2.75, 3.05) is 11.1 Å². The SMILES string of the molecule is Nc1ccc(-c2ccccc2)cc1NC(=O)c1ccc(Cn2nncc2-c2cccc(O)c2)cc1. The molecule has 5 rings (SSSR count). The molecule has 0 saturated heterocycles. The number of benzene rings is 4. The molecule has 172 valence electrons. The summed E-state index contributed by atoms with van der Waals surface area (Å²) < 4.78 is 1.75. The Morgan fingerprint density at radius 3 is 2.40 bits per heavy atom. The van der Waals surface area contributed by atoms with Crippen LogP contribution in [0.4, 0.5) is 11.4 Å². The van der Waals surface area contributed by atoms with Crippen molar-refractivity contribution in [1.29, 1.82) is 0 Å². The average Bonchev–Trinajstić information content (AvgIpc) is 3.34. The van der Waals surface area contributed by atoms with Crippen molar-refractivity contribution in [3.8, 4) is 28.1 Å². The zero-order valence-corrected chi connectivity index (χ0v) is 18.8. The molecule has 1 heterocycles. The third kappa shape index (κ3) is 4.89. The first-order valence-electron chi connectivity index (χ1n) is 11.1. The molecule has 0 spiro atoms. The van der Waals surface area contributed by atoms with E-state index in [-0.39, 0.29) is 11.7 Å². The van der Waals surface area contributed by atoms with Crippen molar-refractivity contribution in [3.63, 3.8) is 0 Å². The Morgan fingerprint density at radius 1 is 0.857 bits per heavy atom. The van der Waals surface area contributed by atoms with Crippen molar-refractivity contribution in [1.82, 2.24) is 15.0 Å². The highest BCUT2D eigenvalue weighted by Gasteiger charge is 2.12. The van der Waals surface area contributed by atoms with Crippen LogP contribution in [0.1, 0.15) is 15.9 Å². The first-order chi connectivity index (χ1) is 17.1. The highest BCUT2D eigenvalue weighted by Crippen LogP contribution is 2.28. The van der Waals surface area contributed by atoms with Gasteiger partial charge in [0, 0.05) is 11.1 Å². The van der Waals surface area contributed by atoms with Crippen LogP contribution in [0.2, 0.25) is 0 Å². The zero-order valence-electron chi connectivity index (χ0n) is 18.8. The quantitative estimate of drug-likeness (QED) is 0.301. The summed E-state index contributed by atoms with van der Waals surface area (Å²) in [7, 11) is 0. The lowest BCUT2D eigenvalue weighted by Gasteiger charge is -2.11. The molecule has 0 aliphatic rings. The van der Waals surface area contributed by atoms with E-state index in [1.165, 1.54) is 0 Å². The molecule has 7 heteroatoms. The summed E-state index contributed by atoms with van der Waals surface area (Å²) in [5, 5.41) is 20.9. The number of hydrogen-bond acceptors (Lipinski definition) is 5. The topological polar surface area (TPSA) is 106 Å². The molecule has 0 aliphatic heterocycles. The number of nitrogens with two attached hydrogens (primary N) is 1. The number of aromatic hydroxyl groups is 1. The molecule has 0 aliphatic carbocycles. The molecule has 0 radical (unpaired) electrons. The number of phenolic OH excluding ortho intramolecular Hbond substituents is 1. The summed E-state index contributed by atoms with van der Waals surface area (Å²) in [5.41, 5.74) is 12.3. The van der Waals surface area contributed by atoms with Crippen LogP contribution in [0.3, 0.4) is 0 Å². The maximum atomic E-state index is 12.9. The third-order valence-corrected chi connectivity index (χ3v) is 5.72. The molecule has 4 aromatic carbocycles. The van der Waals surface area contributed by atoms with E-state index in [1.54, 1.807) is 47.3 Å². The van der Waals surface area contributed by atoms with E-state index in [1.807, 2.05) is 60.7 Å². The number of nitrogen functional groups attached to an aromatic ring is 1. The first kappa shape index (κ1) is 21.9. The summed E-state index contributed by atoms with van der Waals surface area (Å²) in [4.78, 5) is 12.9. The minimum Gasteiger partial charge on any atom is -0.508 e. The smallest absolute Gasteiger partial charge is 0.255 e. The zero-order chi connectivity index (χ0) is 24.2. The van der Waals surface area contributed by atoms with Crippen molar-refractivity contribution < 1.29 is 9.90 Å². The van der Waals surface area contributed by atoms with E-state index in [9.17, 15) is 9.90 Å². The minimum absolute atomic E-state index is 0.181. The number of nitrogens with zero attached hydrogens (tertiary/aromatic N) is 3. The van der Waals surface area contributed by atoms with Gasteiger partial charge in [-0.3, -0.25) is 4.79 Å². The van der Waals surface area contributed by atoms with Crippen molar-refractivity contribution in [2.45, 2.75) is 6.54 Å². The van der Waals surface area contributed by atoms with E-state index in [0.717, 1.165) is 27.9 Å². The van der Waals surface area contributed by atoms with Gasteiger partial charge >= 0.3 is 0 Å². The number of amides is 1. The number of nitrogens with one attached hydrogen (secondary N) is 1. The van der Waals surface area contributed by atoms with E-state index in [4.69, 9.17) is 5.73 Å². The van der Waals surface area contributed by atoms with Gasteiger partial charge in [0.2, 0.25) is 0 Å². The monoisotopic (exact) mass is 461 g/mol. The maximum Gasteiger partial charge on any atom is 0.255 e. The molecular weight excluding hydrogens is 438 g/mol. The lowest BCUT2D eigenvalue weighted by molar-refractivity contribution is 0.102. The summed E-state index contributed by atoms with van der Waals surface area (Å²) in [6.07, 6.45) is 1.66. The summed E-state index contributed by atoms with van der Waals surface area (Å²) >= 11 is 0. The second-order valence-electron chi connectivity index (χ2n) is 8.15. The standard InChI is InChI=1S/C28H23N5O2/c29-25-14-13-22(20-5-2-1-3-6-20)16-26(25)31-28(35)21-11-9-19(10-12-21)18-33-27(17-30-32-33)23-7-4-8-24(34)15-23/h1-17,34H,18,29H2,(H,31,35). The van der Waals surface area contributed by atoms with Crippen molar-refractivity contribution >= 4 is 17.3 Å².